The van der Waals surface area contributed by atoms with Crippen molar-refractivity contribution in [1.82, 2.24) is 3.97 Å². The van der Waals surface area contributed by atoms with E-state index < -0.39 is 0 Å². The minimum atomic E-state index is -0.0584. The zero-order chi connectivity index (χ0) is 12.5. The van der Waals surface area contributed by atoms with Crippen molar-refractivity contribution in [2.75, 3.05) is 5.75 Å². The number of terminal acetylenes is 1. The monoisotopic (exact) mass is 255 g/mol. The summed E-state index contributed by atoms with van der Waals surface area (Å²) in [7, 11) is 0. The summed E-state index contributed by atoms with van der Waals surface area (Å²) in [5.41, 5.74) is 2.05. The summed E-state index contributed by atoms with van der Waals surface area (Å²) in [6.07, 6.45) is 6.71. The Morgan fingerprint density at radius 3 is 3.00 bits per heavy atom. The highest BCUT2D eigenvalue weighted by molar-refractivity contribution is 7.98. The third-order valence-electron chi connectivity index (χ3n) is 2.70. The molecule has 3 rings (SSSR count). The molecule has 4 heteroatoms. The third kappa shape index (κ3) is 1.52. The number of benzene rings is 1. The fourth-order valence-corrected chi connectivity index (χ4v) is 2.80. The van der Waals surface area contributed by atoms with Crippen LogP contribution in [-0.2, 0) is 0 Å². The molecule has 0 amide bonds. The zero-order valence-corrected chi connectivity index (χ0v) is 10.2. The normalized spacial score (nSPS) is 10.8. The second-order valence-electron chi connectivity index (χ2n) is 3.75. The van der Waals surface area contributed by atoms with Gasteiger partial charge in [0.15, 0.2) is 5.58 Å². The predicted octanol–water partition coefficient (Wildman–Crippen LogP) is 2.88. The molecule has 0 unspecified atom stereocenters. The summed E-state index contributed by atoms with van der Waals surface area (Å²) < 4.78 is 7.34. The summed E-state index contributed by atoms with van der Waals surface area (Å²) in [6, 6.07) is 9.17. The molecule has 3 aromatic rings. The molecule has 0 aliphatic rings. The van der Waals surface area contributed by atoms with Gasteiger partial charge in [-0.15, -0.1) is 6.42 Å². The molecular formula is C14H9NO2S. The van der Waals surface area contributed by atoms with Crippen LogP contribution in [0.5, 0.6) is 0 Å². The van der Waals surface area contributed by atoms with Crippen molar-refractivity contribution in [3.05, 3.63) is 46.8 Å². The maximum atomic E-state index is 12.0. The largest absolute Gasteiger partial charge is 0.462 e. The van der Waals surface area contributed by atoms with Crippen LogP contribution in [0.15, 0.2) is 45.8 Å². The Bertz CT molecular complexity index is 823. The Morgan fingerprint density at radius 2 is 2.17 bits per heavy atom. The molecule has 2 heterocycles. The molecule has 0 saturated carbocycles. The van der Waals surface area contributed by atoms with Gasteiger partial charge in [0.1, 0.15) is 5.52 Å². The smallest absolute Gasteiger partial charge is 0.210 e. The highest BCUT2D eigenvalue weighted by Gasteiger charge is 2.14. The number of hydrogen-bond acceptors (Lipinski definition) is 3. The van der Waals surface area contributed by atoms with Gasteiger partial charge in [-0.25, -0.2) is 0 Å². The van der Waals surface area contributed by atoms with Gasteiger partial charge in [0.05, 0.1) is 17.5 Å². The van der Waals surface area contributed by atoms with E-state index in [0.717, 1.165) is 10.9 Å². The van der Waals surface area contributed by atoms with Crippen LogP contribution in [0.1, 0.15) is 0 Å². The van der Waals surface area contributed by atoms with Gasteiger partial charge >= 0.3 is 0 Å². The fraction of sp³-hybridized carbons (Fsp3) is 0.0714. The number of hydrogen-bond donors (Lipinski definition) is 0. The lowest BCUT2D eigenvalue weighted by Gasteiger charge is -2.01. The Hall–Kier alpha value is -2.12. The van der Waals surface area contributed by atoms with E-state index in [0.29, 0.717) is 16.9 Å². The topological polar surface area (TPSA) is 35.1 Å². The lowest BCUT2D eigenvalue weighted by atomic mass is 10.2. The molecule has 2 aromatic heterocycles. The van der Waals surface area contributed by atoms with Gasteiger partial charge in [-0.3, -0.25) is 8.77 Å². The van der Waals surface area contributed by atoms with Gasteiger partial charge in [-0.1, -0.05) is 18.1 Å². The first-order chi connectivity index (χ1) is 8.83. The highest BCUT2D eigenvalue weighted by Crippen LogP contribution is 2.30. The molecular weight excluding hydrogens is 246 g/mol. The van der Waals surface area contributed by atoms with Crippen LogP contribution in [0.4, 0.5) is 0 Å². The average molecular weight is 255 g/mol. The number of nitrogens with zero attached hydrogens (tertiary/aromatic N) is 1. The molecule has 0 bridgehead atoms. The van der Waals surface area contributed by atoms with E-state index in [4.69, 9.17) is 10.8 Å². The Balaban J connectivity index is 2.48. The van der Waals surface area contributed by atoms with Crippen LogP contribution in [0.3, 0.4) is 0 Å². The number of rotatable bonds is 2. The molecule has 0 radical (unpaired) electrons. The first-order valence-electron chi connectivity index (χ1n) is 5.40. The summed E-state index contributed by atoms with van der Waals surface area (Å²) >= 11 is 1.42. The Labute approximate surface area is 108 Å². The number of fused-ring (bicyclic) bond motifs is 3. The van der Waals surface area contributed by atoms with E-state index >= 15 is 0 Å². The quantitative estimate of drug-likeness (QED) is 0.660. The lowest BCUT2D eigenvalue weighted by molar-refractivity contribution is 0.606. The summed E-state index contributed by atoms with van der Waals surface area (Å²) in [4.78, 5) is 12.0. The van der Waals surface area contributed by atoms with Gasteiger partial charge in [0.2, 0.25) is 5.43 Å². The molecule has 0 N–H and O–H groups in total. The van der Waals surface area contributed by atoms with Crippen LogP contribution in [0, 0.1) is 12.3 Å². The minimum absolute atomic E-state index is 0.0584. The molecule has 88 valence electrons. The molecule has 18 heavy (non-hydrogen) atoms. The molecule has 1 aromatic carbocycles. The summed E-state index contributed by atoms with van der Waals surface area (Å²) in [5.74, 6) is 3.07. The summed E-state index contributed by atoms with van der Waals surface area (Å²) in [5, 5.41) is 0.926. The Morgan fingerprint density at radius 1 is 1.33 bits per heavy atom. The SMILES string of the molecule is C#CCSn1c2ccccc2c2occc(=O)c21. The van der Waals surface area contributed by atoms with Crippen molar-refractivity contribution >= 4 is 34.0 Å². The zero-order valence-electron chi connectivity index (χ0n) is 9.42. The maximum absolute atomic E-state index is 12.0. The van der Waals surface area contributed by atoms with Crippen molar-refractivity contribution in [3.8, 4) is 12.3 Å². The van der Waals surface area contributed by atoms with Crippen molar-refractivity contribution in [1.29, 1.82) is 0 Å². The van der Waals surface area contributed by atoms with Crippen molar-refractivity contribution in [2.24, 2.45) is 0 Å². The minimum Gasteiger partial charge on any atom is -0.462 e. The third-order valence-corrected chi connectivity index (χ3v) is 3.63. The number of para-hydroxylation sites is 1. The van der Waals surface area contributed by atoms with Gasteiger partial charge in [0, 0.05) is 11.5 Å². The van der Waals surface area contributed by atoms with E-state index in [-0.39, 0.29) is 5.43 Å². The fourth-order valence-electron chi connectivity index (χ4n) is 1.99. The highest BCUT2D eigenvalue weighted by atomic mass is 32.2. The standard InChI is InChI=1S/C14H9NO2S/c1-2-9-18-15-11-6-4-3-5-10(11)14-13(15)12(16)7-8-17-14/h1,3-8H,9H2. The van der Waals surface area contributed by atoms with Gasteiger partial charge in [0.25, 0.3) is 0 Å². The van der Waals surface area contributed by atoms with E-state index in [1.165, 1.54) is 24.3 Å². The molecule has 0 atom stereocenters. The van der Waals surface area contributed by atoms with Crippen LogP contribution in [0.25, 0.3) is 22.0 Å². The predicted molar refractivity (Wildman–Crippen MR) is 74.7 cm³/mol. The lowest BCUT2D eigenvalue weighted by Crippen LogP contribution is -2.02. The van der Waals surface area contributed by atoms with E-state index in [2.05, 4.69) is 5.92 Å². The molecule has 0 spiro atoms. The van der Waals surface area contributed by atoms with E-state index in [9.17, 15) is 4.79 Å². The van der Waals surface area contributed by atoms with Crippen LogP contribution in [-0.4, -0.2) is 9.73 Å². The second-order valence-corrected chi connectivity index (χ2v) is 4.66. The summed E-state index contributed by atoms with van der Waals surface area (Å²) in [6.45, 7) is 0. The van der Waals surface area contributed by atoms with Crippen molar-refractivity contribution < 1.29 is 4.42 Å². The van der Waals surface area contributed by atoms with Crippen molar-refractivity contribution in [3.63, 3.8) is 0 Å². The molecule has 0 saturated heterocycles. The molecule has 0 aliphatic carbocycles. The first-order valence-corrected chi connectivity index (χ1v) is 6.35. The van der Waals surface area contributed by atoms with Crippen molar-refractivity contribution in [2.45, 2.75) is 0 Å². The Kier molecular flexibility index (Phi) is 2.62. The van der Waals surface area contributed by atoms with E-state index in [1.807, 2.05) is 28.2 Å². The van der Waals surface area contributed by atoms with Crippen LogP contribution < -0.4 is 5.43 Å². The van der Waals surface area contributed by atoms with E-state index in [1.54, 1.807) is 0 Å². The molecule has 0 aliphatic heterocycles. The van der Waals surface area contributed by atoms with Gasteiger partial charge < -0.3 is 4.42 Å². The van der Waals surface area contributed by atoms with Crippen LogP contribution in [0.2, 0.25) is 0 Å². The average Bonchev–Trinajstić information content (AvgIpc) is 2.72. The number of aromatic nitrogens is 1. The first kappa shape index (κ1) is 11.0. The van der Waals surface area contributed by atoms with Crippen LogP contribution >= 0.6 is 11.9 Å². The maximum Gasteiger partial charge on any atom is 0.210 e. The molecule has 3 nitrogen and oxygen atoms in total. The second kappa shape index (κ2) is 4.28. The van der Waals surface area contributed by atoms with Gasteiger partial charge in [-0.05, 0) is 24.1 Å². The van der Waals surface area contributed by atoms with Gasteiger partial charge in [-0.2, -0.15) is 0 Å². The molecule has 0 fully saturated rings.